The first kappa shape index (κ1) is 13.7. The van der Waals surface area contributed by atoms with Gasteiger partial charge in [0.15, 0.2) is 5.82 Å². The number of hydrogen-bond acceptors (Lipinski definition) is 5. The minimum atomic E-state index is 0.724. The number of rotatable bonds is 4. The second-order valence-electron chi connectivity index (χ2n) is 4.72. The van der Waals surface area contributed by atoms with Gasteiger partial charge in [0, 0.05) is 22.2 Å². The summed E-state index contributed by atoms with van der Waals surface area (Å²) in [6.45, 7) is 3.87. The molecule has 0 aliphatic heterocycles. The van der Waals surface area contributed by atoms with Crippen molar-refractivity contribution < 1.29 is 4.52 Å². The molecule has 3 aromatic rings. The van der Waals surface area contributed by atoms with Gasteiger partial charge in [-0.1, -0.05) is 23.4 Å². The molecule has 0 amide bonds. The predicted molar refractivity (Wildman–Crippen MR) is 85.1 cm³/mol. The maximum Gasteiger partial charge on any atom is 0.179 e. The fourth-order valence-electron chi connectivity index (χ4n) is 1.92. The molecule has 5 heteroatoms. The number of benzene rings is 1. The SMILES string of the molecule is Cc1cccc(-c2ccc(SNc3cc(C)on3)cc2)n1. The summed E-state index contributed by atoms with van der Waals surface area (Å²) in [5, 5.41) is 3.89. The average Bonchev–Trinajstić information content (AvgIpc) is 2.91. The standard InChI is InChI=1S/C16H15N3OS/c1-11-4-3-5-15(17-11)13-6-8-14(9-7-13)21-19-16-10-12(2)20-18-16/h3-10H,1-2H3,(H,18,19). The molecular weight excluding hydrogens is 282 g/mol. The highest BCUT2D eigenvalue weighted by Crippen LogP contribution is 2.24. The smallest absolute Gasteiger partial charge is 0.179 e. The van der Waals surface area contributed by atoms with Crippen LogP contribution in [-0.2, 0) is 0 Å². The Bertz CT molecular complexity index is 737. The Kier molecular flexibility index (Phi) is 3.92. The molecule has 1 N–H and O–H groups in total. The van der Waals surface area contributed by atoms with E-state index in [9.17, 15) is 0 Å². The van der Waals surface area contributed by atoms with Crippen molar-refractivity contribution in [2.24, 2.45) is 0 Å². The number of nitrogens with zero attached hydrogens (tertiary/aromatic N) is 2. The van der Waals surface area contributed by atoms with Crippen LogP contribution in [0.5, 0.6) is 0 Å². The van der Waals surface area contributed by atoms with E-state index in [4.69, 9.17) is 4.52 Å². The van der Waals surface area contributed by atoms with Gasteiger partial charge in [-0.3, -0.25) is 4.98 Å². The monoisotopic (exact) mass is 297 g/mol. The van der Waals surface area contributed by atoms with E-state index < -0.39 is 0 Å². The fraction of sp³-hybridized carbons (Fsp3) is 0.125. The molecule has 2 aromatic heterocycles. The molecule has 4 nitrogen and oxygen atoms in total. The van der Waals surface area contributed by atoms with E-state index in [2.05, 4.69) is 39.1 Å². The summed E-state index contributed by atoms with van der Waals surface area (Å²) in [4.78, 5) is 5.63. The normalized spacial score (nSPS) is 10.6. The van der Waals surface area contributed by atoms with Gasteiger partial charge in [0.25, 0.3) is 0 Å². The van der Waals surface area contributed by atoms with Crippen molar-refractivity contribution in [3.05, 3.63) is 60.0 Å². The lowest BCUT2D eigenvalue weighted by Gasteiger charge is -2.04. The molecule has 21 heavy (non-hydrogen) atoms. The number of anilines is 1. The van der Waals surface area contributed by atoms with E-state index in [1.165, 1.54) is 11.9 Å². The molecule has 3 rings (SSSR count). The quantitative estimate of drug-likeness (QED) is 0.720. The topological polar surface area (TPSA) is 51.0 Å². The van der Waals surface area contributed by atoms with Gasteiger partial charge in [-0.2, -0.15) is 0 Å². The molecule has 0 unspecified atom stereocenters. The molecular formula is C16H15N3OS. The summed E-state index contributed by atoms with van der Waals surface area (Å²) in [6.07, 6.45) is 0. The Balaban J connectivity index is 1.69. The summed E-state index contributed by atoms with van der Waals surface area (Å²) in [6, 6.07) is 16.2. The van der Waals surface area contributed by atoms with Crippen molar-refractivity contribution in [2.45, 2.75) is 18.7 Å². The van der Waals surface area contributed by atoms with E-state index >= 15 is 0 Å². The Hall–Kier alpha value is -2.27. The fourth-order valence-corrected chi connectivity index (χ4v) is 2.51. The second-order valence-corrected chi connectivity index (χ2v) is 5.60. The van der Waals surface area contributed by atoms with Crippen molar-refractivity contribution in [3.8, 4) is 11.3 Å². The van der Waals surface area contributed by atoms with Gasteiger partial charge in [0.2, 0.25) is 0 Å². The number of pyridine rings is 1. The lowest BCUT2D eigenvalue weighted by molar-refractivity contribution is 0.400. The summed E-state index contributed by atoms with van der Waals surface area (Å²) in [7, 11) is 0. The molecule has 0 saturated heterocycles. The van der Waals surface area contributed by atoms with Crippen molar-refractivity contribution >= 4 is 17.8 Å². The van der Waals surface area contributed by atoms with Gasteiger partial charge in [-0.15, -0.1) is 0 Å². The van der Waals surface area contributed by atoms with Gasteiger partial charge in [0.1, 0.15) is 5.76 Å². The number of hydrogen-bond donors (Lipinski definition) is 1. The molecule has 0 fully saturated rings. The zero-order valence-corrected chi connectivity index (χ0v) is 12.6. The van der Waals surface area contributed by atoms with E-state index in [0.717, 1.165) is 33.4 Å². The zero-order chi connectivity index (χ0) is 14.7. The lowest BCUT2D eigenvalue weighted by Crippen LogP contribution is -1.88. The van der Waals surface area contributed by atoms with Crippen LogP contribution in [0.15, 0.2) is 57.9 Å². The highest BCUT2D eigenvalue weighted by molar-refractivity contribution is 8.00. The first-order chi connectivity index (χ1) is 10.2. The molecule has 0 saturated carbocycles. The van der Waals surface area contributed by atoms with Gasteiger partial charge in [-0.25, -0.2) is 0 Å². The Labute approximate surface area is 127 Å². The highest BCUT2D eigenvalue weighted by atomic mass is 32.2. The van der Waals surface area contributed by atoms with E-state index in [1.807, 2.05) is 38.1 Å². The third-order valence-corrected chi connectivity index (χ3v) is 3.76. The van der Waals surface area contributed by atoms with Crippen LogP contribution in [0.4, 0.5) is 5.82 Å². The molecule has 0 spiro atoms. The Morgan fingerprint density at radius 1 is 1.05 bits per heavy atom. The minimum Gasteiger partial charge on any atom is -0.360 e. The maximum absolute atomic E-state index is 5.01. The van der Waals surface area contributed by atoms with Gasteiger partial charge >= 0.3 is 0 Å². The van der Waals surface area contributed by atoms with Crippen molar-refractivity contribution in [2.75, 3.05) is 4.72 Å². The van der Waals surface area contributed by atoms with Crippen LogP contribution in [0.3, 0.4) is 0 Å². The average molecular weight is 297 g/mol. The van der Waals surface area contributed by atoms with Gasteiger partial charge in [-0.05, 0) is 50.1 Å². The third kappa shape index (κ3) is 3.44. The highest BCUT2D eigenvalue weighted by Gasteiger charge is 2.02. The van der Waals surface area contributed by atoms with Crippen molar-refractivity contribution in [1.29, 1.82) is 0 Å². The molecule has 0 aliphatic carbocycles. The molecule has 1 aromatic carbocycles. The van der Waals surface area contributed by atoms with E-state index in [0.29, 0.717) is 0 Å². The zero-order valence-electron chi connectivity index (χ0n) is 11.8. The van der Waals surface area contributed by atoms with Crippen LogP contribution < -0.4 is 4.72 Å². The molecule has 0 radical (unpaired) electrons. The minimum absolute atomic E-state index is 0.724. The molecule has 0 bridgehead atoms. The van der Waals surface area contributed by atoms with Crippen LogP contribution in [0.2, 0.25) is 0 Å². The number of nitrogens with one attached hydrogen (secondary N) is 1. The summed E-state index contributed by atoms with van der Waals surface area (Å²) in [5.74, 6) is 1.51. The van der Waals surface area contributed by atoms with Crippen LogP contribution in [0.1, 0.15) is 11.5 Å². The van der Waals surface area contributed by atoms with Crippen LogP contribution >= 0.6 is 11.9 Å². The Morgan fingerprint density at radius 3 is 2.52 bits per heavy atom. The number of aromatic nitrogens is 2. The Morgan fingerprint density at radius 2 is 1.86 bits per heavy atom. The summed E-state index contributed by atoms with van der Waals surface area (Å²) < 4.78 is 8.15. The molecule has 2 heterocycles. The molecule has 0 atom stereocenters. The molecule has 0 aliphatic rings. The van der Waals surface area contributed by atoms with Crippen molar-refractivity contribution in [1.82, 2.24) is 10.1 Å². The van der Waals surface area contributed by atoms with Gasteiger partial charge in [0.05, 0.1) is 5.69 Å². The first-order valence-corrected chi connectivity index (χ1v) is 7.42. The predicted octanol–water partition coefficient (Wildman–Crippen LogP) is 4.47. The van der Waals surface area contributed by atoms with Gasteiger partial charge < -0.3 is 9.25 Å². The maximum atomic E-state index is 5.01. The number of aryl methyl sites for hydroxylation is 2. The summed E-state index contributed by atoms with van der Waals surface area (Å²) >= 11 is 1.50. The molecule has 106 valence electrons. The van der Waals surface area contributed by atoms with Crippen molar-refractivity contribution in [3.63, 3.8) is 0 Å². The van der Waals surface area contributed by atoms with Crippen LogP contribution in [0, 0.1) is 13.8 Å². The largest absolute Gasteiger partial charge is 0.360 e. The second kappa shape index (κ2) is 6.01. The lowest BCUT2D eigenvalue weighted by atomic mass is 10.1. The first-order valence-electron chi connectivity index (χ1n) is 6.61. The van der Waals surface area contributed by atoms with Crippen LogP contribution in [0.25, 0.3) is 11.3 Å². The van der Waals surface area contributed by atoms with Crippen LogP contribution in [-0.4, -0.2) is 10.1 Å². The van der Waals surface area contributed by atoms with E-state index in [-0.39, 0.29) is 0 Å². The van der Waals surface area contributed by atoms with E-state index in [1.54, 1.807) is 0 Å². The summed E-state index contributed by atoms with van der Waals surface area (Å²) in [5.41, 5.74) is 3.13. The third-order valence-electron chi connectivity index (χ3n) is 2.94.